The number of nitrogens with one attached hydrogen (secondary N) is 1. The highest BCUT2D eigenvalue weighted by Gasteiger charge is 2.14. The summed E-state index contributed by atoms with van der Waals surface area (Å²) in [7, 11) is 1.39. The number of benzene rings is 2. The van der Waals surface area contributed by atoms with E-state index in [-0.39, 0.29) is 32.9 Å². The number of amides is 1. The number of hydrogen-bond acceptors (Lipinski definition) is 5. The lowest BCUT2D eigenvalue weighted by Crippen LogP contribution is -2.12. The number of aromatic hydroxyl groups is 1. The second-order valence-corrected chi connectivity index (χ2v) is 5.52. The molecule has 0 spiro atoms. The van der Waals surface area contributed by atoms with Crippen LogP contribution in [0.5, 0.6) is 17.2 Å². The van der Waals surface area contributed by atoms with E-state index in [1.165, 1.54) is 44.4 Å². The number of carbonyl (C=O) groups is 2. The molecule has 0 unspecified atom stereocenters. The van der Waals surface area contributed by atoms with Gasteiger partial charge in [0.1, 0.15) is 0 Å². The molecule has 0 atom stereocenters. The Hall–Kier alpha value is -2.44. The van der Waals surface area contributed by atoms with Crippen LogP contribution in [0.3, 0.4) is 0 Å². The van der Waals surface area contributed by atoms with Gasteiger partial charge in [0.15, 0.2) is 17.2 Å². The van der Waals surface area contributed by atoms with E-state index < -0.39 is 11.9 Å². The molecule has 2 aromatic rings. The number of hydrogen-bond donors (Lipinski definition) is 2. The second kappa shape index (κ2) is 7.42. The third-order valence-electron chi connectivity index (χ3n) is 2.95. The molecule has 0 fully saturated rings. The summed E-state index contributed by atoms with van der Waals surface area (Å²) in [5, 5.41) is 12.1. The lowest BCUT2D eigenvalue weighted by Gasteiger charge is -2.11. The maximum absolute atomic E-state index is 12.3. The molecule has 0 aromatic heterocycles. The lowest BCUT2D eigenvalue weighted by molar-refractivity contribution is -0.132. The second-order valence-electron chi connectivity index (χ2n) is 4.70. The highest BCUT2D eigenvalue weighted by atomic mass is 35.5. The van der Waals surface area contributed by atoms with Crippen LogP contribution in [0.1, 0.15) is 17.3 Å². The van der Waals surface area contributed by atoms with Gasteiger partial charge < -0.3 is 19.9 Å². The van der Waals surface area contributed by atoms with Crippen LogP contribution >= 0.6 is 23.2 Å². The third-order valence-corrected chi connectivity index (χ3v) is 3.53. The first-order valence-electron chi connectivity index (χ1n) is 6.67. The predicted molar refractivity (Wildman–Crippen MR) is 90.4 cm³/mol. The van der Waals surface area contributed by atoms with E-state index in [1.807, 2.05) is 0 Å². The Kier molecular flexibility index (Phi) is 5.54. The summed E-state index contributed by atoms with van der Waals surface area (Å²) in [6.07, 6.45) is 0. The molecule has 0 aliphatic heterocycles. The normalized spacial score (nSPS) is 10.2. The van der Waals surface area contributed by atoms with Crippen molar-refractivity contribution >= 4 is 40.8 Å². The Bertz CT molecular complexity index is 784. The van der Waals surface area contributed by atoms with Crippen molar-refractivity contribution in [3.63, 3.8) is 0 Å². The Morgan fingerprint density at radius 3 is 2.25 bits per heavy atom. The maximum Gasteiger partial charge on any atom is 0.308 e. The van der Waals surface area contributed by atoms with Crippen LogP contribution in [0, 0.1) is 0 Å². The molecule has 0 aliphatic carbocycles. The van der Waals surface area contributed by atoms with Crippen molar-refractivity contribution in [2.24, 2.45) is 0 Å². The summed E-state index contributed by atoms with van der Waals surface area (Å²) >= 11 is 11.6. The fourth-order valence-electron chi connectivity index (χ4n) is 1.89. The Labute approximate surface area is 147 Å². The van der Waals surface area contributed by atoms with Crippen LogP contribution < -0.4 is 14.8 Å². The fourth-order valence-corrected chi connectivity index (χ4v) is 2.38. The zero-order valence-electron chi connectivity index (χ0n) is 12.7. The van der Waals surface area contributed by atoms with Gasteiger partial charge in [-0.05, 0) is 30.3 Å². The van der Waals surface area contributed by atoms with Crippen LogP contribution in [0.2, 0.25) is 10.0 Å². The first-order valence-corrected chi connectivity index (χ1v) is 7.43. The van der Waals surface area contributed by atoms with Crippen molar-refractivity contribution in [1.82, 2.24) is 0 Å². The zero-order chi connectivity index (χ0) is 17.9. The van der Waals surface area contributed by atoms with E-state index >= 15 is 0 Å². The number of methoxy groups -OCH3 is 1. The highest BCUT2D eigenvalue weighted by Crippen LogP contribution is 2.35. The zero-order valence-corrected chi connectivity index (χ0v) is 14.2. The van der Waals surface area contributed by atoms with Gasteiger partial charge in [-0.15, -0.1) is 0 Å². The van der Waals surface area contributed by atoms with Crippen LogP contribution in [-0.4, -0.2) is 24.1 Å². The van der Waals surface area contributed by atoms with Gasteiger partial charge in [-0.25, -0.2) is 0 Å². The van der Waals surface area contributed by atoms with Gasteiger partial charge in [0.25, 0.3) is 5.91 Å². The quantitative estimate of drug-likeness (QED) is 0.485. The first kappa shape index (κ1) is 17.9. The number of rotatable bonds is 4. The number of ether oxygens (including phenoxy) is 2. The highest BCUT2D eigenvalue weighted by molar-refractivity contribution is 6.37. The summed E-state index contributed by atoms with van der Waals surface area (Å²) in [4.78, 5) is 23.3. The molecule has 0 saturated heterocycles. The van der Waals surface area contributed by atoms with Crippen molar-refractivity contribution in [2.45, 2.75) is 6.92 Å². The molecule has 2 rings (SSSR count). The summed E-state index contributed by atoms with van der Waals surface area (Å²) in [6.45, 7) is 1.26. The van der Waals surface area contributed by atoms with E-state index in [1.54, 1.807) is 0 Å². The lowest BCUT2D eigenvalue weighted by atomic mass is 10.1. The molecular formula is C16H13Cl2NO5. The summed E-state index contributed by atoms with van der Waals surface area (Å²) in [5.74, 6) is -0.778. The smallest absolute Gasteiger partial charge is 0.308 e. The predicted octanol–water partition coefficient (Wildman–Crippen LogP) is 3.89. The molecule has 0 aliphatic rings. The number of phenolic OH excluding ortho intramolecular Hbond substituents is 1. The average molecular weight is 370 g/mol. The number of anilines is 1. The monoisotopic (exact) mass is 369 g/mol. The molecule has 24 heavy (non-hydrogen) atoms. The molecule has 2 N–H and O–H groups in total. The van der Waals surface area contributed by atoms with E-state index in [9.17, 15) is 14.7 Å². The van der Waals surface area contributed by atoms with Crippen molar-refractivity contribution in [3.8, 4) is 17.2 Å². The van der Waals surface area contributed by atoms with Gasteiger partial charge in [0.05, 0.1) is 17.2 Å². The standard InChI is InChI=1S/C16H13Cl2NO5/c1-8(20)24-13-4-3-9(5-14(13)23-2)16(22)19-10-6-11(17)15(21)12(18)7-10/h3-7,21H,1-2H3,(H,19,22). The molecule has 0 heterocycles. The summed E-state index contributed by atoms with van der Waals surface area (Å²) < 4.78 is 10.1. The average Bonchev–Trinajstić information content (AvgIpc) is 2.52. The molecule has 0 radical (unpaired) electrons. The Morgan fingerprint density at radius 1 is 1.08 bits per heavy atom. The molecule has 8 heteroatoms. The number of halogens is 2. The van der Waals surface area contributed by atoms with Gasteiger partial charge in [-0.2, -0.15) is 0 Å². The van der Waals surface area contributed by atoms with Gasteiger partial charge in [-0.3, -0.25) is 9.59 Å². The number of phenols is 1. The molecule has 126 valence electrons. The van der Waals surface area contributed by atoms with Crippen molar-refractivity contribution in [3.05, 3.63) is 45.9 Å². The van der Waals surface area contributed by atoms with Crippen LogP contribution in [0.15, 0.2) is 30.3 Å². The van der Waals surface area contributed by atoms with Crippen LogP contribution in [0.25, 0.3) is 0 Å². The van der Waals surface area contributed by atoms with E-state index in [0.29, 0.717) is 5.69 Å². The minimum absolute atomic E-state index is 0.0144. The van der Waals surface area contributed by atoms with Crippen LogP contribution in [-0.2, 0) is 4.79 Å². The molecule has 2 aromatic carbocycles. The van der Waals surface area contributed by atoms with Gasteiger partial charge >= 0.3 is 5.97 Å². The summed E-state index contributed by atoms with van der Waals surface area (Å²) in [5.41, 5.74) is 0.582. The topological polar surface area (TPSA) is 84.9 Å². The van der Waals surface area contributed by atoms with Gasteiger partial charge in [0, 0.05) is 18.2 Å². The van der Waals surface area contributed by atoms with Gasteiger partial charge in [-0.1, -0.05) is 23.2 Å². The SMILES string of the molecule is COc1cc(C(=O)Nc2cc(Cl)c(O)c(Cl)c2)ccc1OC(C)=O. The molecule has 6 nitrogen and oxygen atoms in total. The van der Waals surface area contributed by atoms with Gasteiger partial charge in [0.2, 0.25) is 0 Å². The largest absolute Gasteiger partial charge is 0.505 e. The van der Waals surface area contributed by atoms with E-state index in [2.05, 4.69) is 5.32 Å². The minimum Gasteiger partial charge on any atom is -0.505 e. The molecule has 1 amide bonds. The fraction of sp³-hybridized carbons (Fsp3) is 0.125. The first-order chi connectivity index (χ1) is 11.3. The molecular weight excluding hydrogens is 357 g/mol. The van der Waals surface area contributed by atoms with Crippen molar-refractivity contribution in [2.75, 3.05) is 12.4 Å². The third kappa shape index (κ3) is 4.10. The molecule has 0 bridgehead atoms. The van der Waals surface area contributed by atoms with E-state index in [0.717, 1.165) is 0 Å². The Balaban J connectivity index is 2.25. The van der Waals surface area contributed by atoms with Crippen LogP contribution in [0.4, 0.5) is 5.69 Å². The minimum atomic E-state index is -0.501. The molecule has 0 saturated carbocycles. The summed E-state index contributed by atoms with van der Waals surface area (Å²) in [6, 6.07) is 7.08. The van der Waals surface area contributed by atoms with E-state index in [4.69, 9.17) is 32.7 Å². The Morgan fingerprint density at radius 2 is 1.71 bits per heavy atom. The van der Waals surface area contributed by atoms with Crippen molar-refractivity contribution < 1.29 is 24.2 Å². The number of esters is 1. The maximum atomic E-state index is 12.3. The number of carbonyl (C=O) groups excluding carboxylic acids is 2. The van der Waals surface area contributed by atoms with Crippen molar-refractivity contribution in [1.29, 1.82) is 0 Å².